The summed E-state index contributed by atoms with van der Waals surface area (Å²) in [7, 11) is 6.82. The molecule has 0 amide bonds. The van der Waals surface area contributed by atoms with Crippen LogP contribution in [-0.4, -0.2) is 61.4 Å². The molecular formula is C54H57NO8S4. The van der Waals surface area contributed by atoms with Crippen molar-refractivity contribution in [3.05, 3.63) is 116 Å². The number of fused-ring (bicyclic) bond motifs is 10. The minimum Gasteiger partial charge on any atom is -0.507 e. The van der Waals surface area contributed by atoms with Gasteiger partial charge in [0.15, 0.2) is 5.76 Å². The normalized spacial score (nSPS) is 24.3. The van der Waals surface area contributed by atoms with Gasteiger partial charge in [-0.25, -0.2) is 0 Å². The molecule has 5 aliphatic rings. The minimum atomic E-state index is -0.944. The van der Waals surface area contributed by atoms with Crippen LogP contribution in [0.15, 0.2) is 75.9 Å². The van der Waals surface area contributed by atoms with Gasteiger partial charge in [0.25, 0.3) is 0 Å². The van der Waals surface area contributed by atoms with Gasteiger partial charge < -0.3 is 40.0 Å². The summed E-state index contributed by atoms with van der Waals surface area (Å²) in [4.78, 5) is 15.1. The van der Waals surface area contributed by atoms with E-state index in [2.05, 4.69) is 55.6 Å². The van der Waals surface area contributed by atoms with Gasteiger partial charge in [0.05, 0.1) is 23.0 Å². The van der Waals surface area contributed by atoms with Gasteiger partial charge in [0.1, 0.15) is 34.3 Å². The fraction of sp³-hybridized carbons (Fsp3) is 0.426. The van der Waals surface area contributed by atoms with Crippen molar-refractivity contribution in [1.82, 2.24) is 5.32 Å². The molecule has 67 heavy (non-hydrogen) atoms. The van der Waals surface area contributed by atoms with Crippen molar-refractivity contribution in [2.45, 2.75) is 125 Å². The molecule has 5 aromatic carbocycles. The molecule has 6 atom stereocenters. The van der Waals surface area contributed by atoms with E-state index in [1.165, 1.54) is 43.7 Å². The number of hydrogen-bond acceptors (Lipinski definition) is 13. The van der Waals surface area contributed by atoms with Crippen LogP contribution < -0.4 is 15.5 Å². The molecule has 1 saturated heterocycles. The molecule has 2 fully saturated rings. The zero-order valence-corrected chi connectivity index (χ0v) is 41.0. The molecular weight excluding hydrogens is 919 g/mol. The van der Waals surface area contributed by atoms with Crippen LogP contribution in [-0.2, 0) is 18.6 Å². The summed E-state index contributed by atoms with van der Waals surface area (Å²) < 4.78 is 13.6. The van der Waals surface area contributed by atoms with Gasteiger partial charge in [0, 0.05) is 58.9 Å². The monoisotopic (exact) mass is 975 g/mol. The third kappa shape index (κ3) is 8.31. The molecule has 3 aliphatic heterocycles. The largest absolute Gasteiger partial charge is 0.507 e. The van der Waals surface area contributed by atoms with Gasteiger partial charge >= 0.3 is 0 Å². The molecule has 6 N–H and O–H groups in total. The number of benzene rings is 5. The van der Waals surface area contributed by atoms with Crippen molar-refractivity contribution in [2.75, 3.05) is 11.5 Å². The average Bonchev–Trinajstić information content (AvgIpc) is 3.34. The summed E-state index contributed by atoms with van der Waals surface area (Å²) in [5, 5.41) is 66.7. The number of rotatable bonds is 5. The van der Waals surface area contributed by atoms with Crippen molar-refractivity contribution < 1.29 is 34.7 Å². The third-order valence-corrected chi connectivity index (χ3v) is 19.9. The lowest BCUT2D eigenvalue weighted by Crippen LogP contribution is -2.39. The molecule has 13 heteroatoms. The molecule has 0 spiro atoms. The number of phenols is 2. The Balaban J connectivity index is 1.09. The fourth-order valence-corrected chi connectivity index (χ4v) is 16.7. The van der Waals surface area contributed by atoms with Gasteiger partial charge in [-0.15, -0.1) is 0 Å². The molecule has 11 rings (SSSR count). The maximum absolute atomic E-state index is 15.1. The van der Waals surface area contributed by atoms with Crippen LogP contribution in [0.25, 0.3) is 44.2 Å². The lowest BCUT2D eigenvalue weighted by molar-refractivity contribution is 0.00976. The Morgan fingerprint density at radius 2 is 1.67 bits per heavy atom. The molecule has 5 bridgehead atoms. The van der Waals surface area contributed by atoms with E-state index in [1.54, 1.807) is 43.2 Å². The summed E-state index contributed by atoms with van der Waals surface area (Å²) >= 11 is 0. The second kappa shape index (κ2) is 18.8. The van der Waals surface area contributed by atoms with Crippen molar-refractivity contribution in [1.29, 1.82) is 0 Å². The van der Waals surface area contributed by atoms with E-state index in [0.717, 1.165) is 50.1 Å². The molecule has 0 radical (unpaired) electrons. The SMILES string of the molecule is CC(C)Cc1cc(-c2oc3cc(O)c4c(c3c(=O)c2O)O[C@@H]2C[C@H]3c5c-4ccc4cccc(c54)[C@@H](SSCCC[C@H]2O)[C@H]3O)c2c(c1O)Cc1cccc(c1)[C@@H](NC1CCCCC1)CSSC2. The predicted molar refractivity (Wildman–Crippen MR) is 276 cm³/mol. The zero-order chi connectivity index (χ0) is 46.1. The van der Waals surface area contributed by atoms with Crippen LogP contribution in [0.4, 0.5) is 0 Å². The van der Waals surface area contributed by atoms with E-state index in [-0.39, 0.29) is 63.2 Å². The van der Waals surface area contributed by atoms with Crippen molar-refractivity contribution in [3.63, 3.8) is 0 Å². The summed E-state index contributed by atoms with van der Waals surface area (Å²) in [5.74, 6) is 1.23. The Labute approximate surface area is 406 Å². The standard InChI is InChI=1S/C54H57NO8S4/c1-27(2)19-31-22-36(38-25-65-66-26-39(55-32-12-4-3-5-13-32)30-11-6-9-28(20-30)21-35(38)48(31)58)52-51(61)50(60)47-43(63-52)24-41(57)46-33-17-16-29-10-7-14-34-44(29)45(33)37-23-42(62-53(46)47)40(56)15-8-18-64-67-54(34)49(37)59/h6-7,9-11,14,16-17,20,22,24,27,32,37,39-40,42,49,54-59,61H,3-5,8,12-13,15,18-19,21,23,25-26H2,1-2H3/t37-,39-,40+,42+,49-,54+/m0/s1. The highest BCUT2D eigenvalue weighted by Crippen LogP contribution is 2.58. The zero-order valence-electron chi connectivity index (χ0n) is 37.8. The summed E-state index contributed by atoms with van der Waals surface area (Å²) in [6, 6.07) is 22.6. The Morgan fingerprint density at radius 3 is 2.51 bits per heavy atom. The molecule has 6 aromatic rings. The van der Waals surface area contributed by atoms with Crippen molar-refractivity contribution >= 4 is 64.9 Å². The smallest absolute Gasteiger partial charge is 0.238 e. The first-order chi connectivity index (χ1) is 32.5. The first-order valence-corrected chi connectivity index (χ1v) is 28.8. The van der Waals surface area contributed by atoms with Gasteiger partial charge in [-0.2, -0.15) is 0 Å². The first kappa shape index (κ1) is 45.5. The van der Waals surface area contributed by atoms with Gasteiger partial charge in [0.2, 0.25) is 11.2 Å². The maximum Gasteiger partial charge on any atom is 0.238 e. The second-order valence-corrected chi connectivity index (χ2v) is 24.7. The number of ether oxygens (including phenoxy) is 1. The topological polar surface area (TPSA) is 153 Å². The molecule has 350 valence electrons. The molecule has 1 saturated carbocycles. The van der Waals surface area contributed by atoms with Crippen LogP contribution in [0.2, 0.25) is 0 Å². The van der Waals surface area contributed by atoms with E-state index < -0.39 is 35.4 Å². The summed E-state index contributed by atoms with van der Waals surface area (Å²) in [5.41, 5.74) is 7.02. The van der Waals surface area contributed by atoms with Crippen LogP contribution in [0, 0.1) is 5.92 Å². The van der Waals surface area contributed by atoms with Crippen LogP contribution in [0.1, 0.15) is 121 Å². The number of aliphatic hydroxyl groups is 2. The lowest BCUT2D eigenvalue weighted by atomic mass is 9.72. The van der Waals surface area contributed by atoms with E-state index in [9.17, 15) is 25.5 Å². The van der Waals surface area contributed by atoms with E-state index in [4.69, 9.17) is 9.15 Å². The predicted octanol–water partition coefficient (Wildman–Crippen LogP) is 12.2. The van der Waals surface area contributed by atoms with Crippen LogP contribution in [0.5, 0.6) is 23.0 Å². The third-order valence-electron chi connectivity index (χ3n) is 14.7. The molecule has 1 aromatic heterocycles. The summed E-state index contributed by atoms with van der Waals surface area (Å²) in [6.45, 7) is 4.19. The molecule has 2 aliphatic carbocycles. The summed E-state index contributed by atoms with van der Waals surface area (Å²) in [6.07, 6.45) is 5.94. The van der Waals surface area contributed by atoms with E-state index in [1.807, 2.05) is 24.3 Å². The Hall–Kier alpha value is -3.95. The fourth-order valence-electron chi connectivity index (χ4n) is 11.5. The van der Waals surface area contributed by atoms with Gasteiger partial charge in [-0.1, -0.05) is 131 Å². The van der Waals surface area contributed by atoms with E-state index in [0.29, 0.717) is 54.2 Å². The van der Waals surface area contributed by atoms with Gasteiger partial charge in [-0.3, -0.25) is 4.79 Å². The highest BCUT2D eigenvalue weighted by atomic mass is 33.1. The number of nitrogens with one attached hydrogen (secondary N) is 1. The van der Waals surface area contributed by atoms with E-state index >= 15 is 4.79 Å². The van der Waals surface area contributed by atoms with Crippen LogP contribution >= 0.6 is 43.2 Å². The highest BCUT2D eigenvalue weighted by Gasteiger charge is 2.44. The Kier molecular flexibility index (Phi) is 12.7. The second-order valence-electron chi connectivity index (χ2n) is 19.6. The number of aromatic hydroxyl groups is 3. The highest BCUT2D eigenvalue weighted by molar-refractivity contribution is 8.77. The minimum absolute atomic E-state index is 0.0237. The van der Waals surface area contributed by atoms with Crippen molar-refractivity contribution in [3.8, 4) is 45.4 Å². The quantitative estimate of drug-likeness (QED) is 0.0910. The number of phenolic OH excluding ortho intramolecular Hbond substituents is 2. The lowest BCUT2D eigenvalue weighted by Gasteiger charge is -2.41. The molecule has 9 nitrogen and oxygen atoms in total. The molecule has 4 heterocycles. The first-order valence-electron chi connectivity index (χ1n) is 23.9. The number of hydrogen-bond donors (Lipinski definition) is 6. The average molecular weight is 976 g/mol. The number of aliphatic hydroxyl groups excluding tert-OH is 2. The van der Waals surface area contributed by atoms with Crippen LogP contribution in [0.3, 0.4) is 0 Å². The maximum atomic E-state index is 15.1. The van der Waals surface area contributed by atoms with Crippen molar-refractivity contribution in [2.24, 2.45) is 5.92 Å². The van der Waals surface area contributed by atoms with Gasteiger partial charge in [-0.05, 0) is 100 Å². The Morgan fingerprint density at radius 1 is 0.836 bits per heavy atom. The Bertz CT molecular complexity index is 2950. The molecule has 0 unspecified atom stereocenters.